The molecule has 3 aromatic carbocycles. The first-order valence-corrected chi connectivity index (χ1v) is 15.5. The molecule has 8 nitrogen and oxygen atoms in total. The lowest BCUT2D eigenvalue weighted by Crippen LogP contribution is -2.42. The standard InChI is InChI=1S/C33H35Cl2N3O5/c34-24-8-3-20(4-9-24)31(21-5-10-25(35)11-6-21)23-7-12-27-28(17-23)38(32(36-27)22-1-2-22)26-13-15-37(16-14-26)33(42)43-19-30(41)29(40)18-39/h3-12,17,22,26,29-31,39-41H,1-2,13-16,18-19H2/t29-,30-/m1/s1. The van der Waals surface area contributed by atoms with E-state index in [-0.39, 0.29) is 18.6 Å². The van der Waals surface area contributed by atoms with Crippen molar-refractivity contribution in [3.63, 3.8) is 0 Å². The maximum atomic E-state index is 12.6. The predicted molar refractivity (Wildman–Crippen MR) is 166 cm³/mol. The highest BCUT2D eigenvalue weighted by atomic mass is 35.5. The molecule has 1 amide bonds. The number of rotatable bonds is 9. The topological polar surface area (TPSA) is 108 Å². The number of ether oxygens (including phenoxy) is 1. The second-order valence-electron chi connectivity index (χ2n) is 11.5. The summed E-state index contributed by atoms with van der Waals surface area (Å²) in [4.78, 5) is 19.4. The van der Waals surface area contributed by atoms with Crippen LogP contribution in [0.5, 0.6) is 0 Å². The van der Waals surface area contributed by atoms with Crippen LogP contribution in [-0.2, 0) is 4.74 Å². The molecular weight excluding hydrogens is 589 g/mol. The number of piperidine rings is 1. The summed E-state index contributed by atoms with van der Waals surface area (Å²) >= 11 is 12.5. The van der Waals surface area contributed by atoms with Gasteiger partial charge in [0, 0.05) is 41.0 Å². The van der Waals surface area contributed by atoms with E-state index in [9.17, 15) is 15.0 Å². The van der Waals surface area contributed by atoms with Crippen LogP contribution in [0.2, 0.25) is 10.0 Å². The van der Waals surface area contributed by atoms with Crippen LogP contribution in [0, 0.1) is 0 Å². The molecule has 2 atom stereocenters. The molecule has 2 aliphatic rings. The molecule has 43 heavy (non-hydrogen) atoms. The lowest BCUT2D eigenvalue weighted by atomic mass is 9.85. The van der Waals surface area contributed by atoms with Crippen LogP contribution in [0.3, 0.4) is 0 Å². The third-order valence-electron chi connectivity index (χ3n) is 8.52. The van der Waals surface area contributed by atoms with E-state index in [0.717, 1.165) is 59.2 Å². The third-order valence-corrected chi connectivity index (χ3v) is 9.02. The smallest absolute Gasteiger partial charge is 0.409 e. The summed E-state index contributed by atoms with van der Waals surface area (Å²) in [5.74, 6) is 1.54. The maximum absolute atomic E-state index is 12.6. The normalized spacial score (nSPS) is 17.4. The van der Waals surface area contributed by atoms with Gasteiger partial charge in [0.15, 0.2) is 0 Å². The summed E-state index contributed by atoms with van der Waals surface area (Å²) in [7, 11) is 0. The van der Waals surface area contributed by atoms with Crippen LogP contribution in [0.15, 0.2) is 66.7 Å². The van der Waals surface area contributed by atoms with Gasteiger partial charge in [0.25, 0.3) is 0 Å². The molecule has 2 fully saturated rings. The van der Waals surface area contributed by atoms with Crippen molar-refractivity contribution in [2.24, 2.45) is 0 Å². The van der Waals surface area contributed by atoms with Crippen molar-refractivity contribution in [2.45, 2.75) is 55.8 Å². The van der Waals surface area contributed by atoms with Crippen LogP contribution in [0.1, 0.15) is 66.1 Å². The number of benzene rings is 3. The lowest BCUT2D eigenvalue weighted by molar-refractivity contribution is -0.0467. The fourth-order valence-electron chi connectivity index (χ4n) is 6.00. The van der Waals surface area contributed by atoms with Crippen molar-refractivity contribution in [2.75, 3.05) is 26.3 Å². The van der Waals surface area contributed by atoms with E-state index in [0.29, 0.717) is 29.1 Å². The Balaban J connectivity index is 1.28. The van der Waals surface area contributed by atoms with E-state index in [2.05, 4.69) is 47.0 Å². The van der Waals surface area contributed by atoms with Crippen LogP contribution in [-0.4, -0.2) is 74.4 Å². The van der Waals surface area contributed by atoms with E-state index >= 15 is 0 Å². The number of carbonyl (C=O) groups is 1. The van der Waals surface area contributed by atoms with Gasteiger partial charge < -0.3 is 29.5 Å². The summed E-state index contributed by atoms with van der Waals surface area (Å²) in [5, 5.41) is 29.7. The van der Waals surface area contributed by atoms with E-state index in [4.69, 9.17) is 38.0 Å². The van der Waals surface area contributed by atoms with Crippen molar-refractivity contribution in [3.05, 3.63) is 99.3 Å². The Morgan fingerprint density at radius 2 is 1.44 bits per heavy atom. The van der Waals surface area contributed by atoms with Crippen LogP contribution >= 0.6 is 23.2 Å². The Bertz CT molecular complexity index is 1520. The van der Waals surface area contributed by atoms with Gasteiger partial charge in [0.1, 0.15) is 24.6 Å². The maximum Gasteiger partial charge on any atom is 0.409 e. The number of imidazole rings is 1. The molecule has 10 heteroatoms. The zero-order valence-electron chi connectivity index (χ0n) is 23.7. The number of aromatic nitrogens is 2. The van der Waals surface area contributed by atoms with Crippen LogP contribution in [0.4, 0.5) is 4.79 Å². The second kappa shape index (κ2) is 12.8. The Labute approximate surface area is 260 Å². The Hall–Kier alpha value is -3.14. The monoisotopic (exact) mass is 623 g/mol. The van der Waals surface area contributed by atoms with E-state index < -0.39 is 24.9 Å². The largest absolute Gasteiger partial charge is 0.447 e. The molecule has 0 unspecified atom stereocenters. The zero-order valence-corrected chi connectivity index (χ0v) is 25.2. The highest BCUT2D eigenvalue weighted by Gasteiger charge is 2.34. The van der Waals surface area contributed by atoms with Gasteiger partial charge in [-0.15, -0.1) is 0 Å². The molecule has 6 rings (SSSR count). The summed E-state index contributed by atoms with van der Waals surface area (Å²) in [5.41, 5.74) is 5.46. The number of amides is 1. The SMILES string of the molecule is O=C(OC[C@@H](O)[C@H](O)CO)N1CCC(n2c(C3CC3)nc3ccc(C(c4ccc(Cl)cc4)c4ccc(Cl)cc4)cc32)CC1. The molecule has 1 aromatic heterocycles. The predicted octanol–water partition coefficient (Wildman–Crippen LogP) is 5.89. The molecule has 4 aromatic rings. The molecule has 3 N–H and O–H groups in total. The number of nitrogens with zero attached hydrogens (tertiary/aromatic N) is 3. The summed E-state index contributed by atoms with van der Waals surface area (Å²) in [6.07, 6.45) is 0.523. The first-order valence-electron chi connectivity index (χ1n) is 14.7. The van der Waals surface area contributed by atoms with Crippen molar-refractivity contribution in [1.82, 2.24) is 14.5 Å². The number of aliphatic hydroxyl groups excluding tert-OH is 3. The van der Waals surface area contributed by atoms with E-state index in [1.165, 1.54) is 0 Å². The third kappa shape index (κ3) is 6.54. The van der Waals surface area contributed by atoms with Crippen molar-refractivity contribution >= 4 is 40.3 Å². The molecule has 0 bridgehead atoms. The highest BCUT2D eigenvalue weighted by Crippen LogP contribution is 2.44. The van der Waals surface area contributed by atoms with Gasteiger partial charge in [-0.3, -0.25) is 0 Å². The van der Waals surface area contributed by atoms with E-state index in [1.807, 2.05) is 24.3 Å². The van der Waals surface area contributed by atoms with Gasteiger partial charge in [-0.1, -0.05) is 53.5 Å². The number of halogens is 2. The molecule has 1 saturated heterocycles. The van der Waals surface area contributed by atoms with E-state index in [1.54, 1.807) is 4.90 Å². The molecule has 2 heterocycles. The van der Waals surface area contributed by atoms with Gasteiger partial charge >= 0.3 is 6.09 Å². The minimum Gasteiger partial charge on any atom is -0.447 e. The van der Waals surface area contributed by atoms with Gasteiger partial charge in [-0.05, 0) is 78.8 Å². The molecule has 1 aliphatic carbocycles. The van der Waals surface area contributed by atoms with Crippen molar-refractivity contribution < 1.29 is 24.9 Å². The summed E-state index contributed by atoms with van der Waals surface area (Å²) in [6.45, 7) is 0.0331. The van der Waals surface area contributed by atoms with Crippen molar-refractivity contribution in [1.29, 1.82) is 0 Å². The Morgan fingerprint density at radius 1 is 0.860 bits per heavy atom. The molecular formula is C33H35Cl2N3O5. The first kappa shape index (κ1) is 29.9. The number of hydrogen-bond donors (Lipinski definition) is 3. The van der Waals surface area contributed by atoms with Gasteiger partial charge in [0.05, 0.1) is 17.6 Å². The number of carbonyl (C=O) groups excluding carboxylic acids is 1. The fraction of sp³-hybridized carbons (Fsp3) is 0.394. The quantitative estimate of drug-likeness (QED) is 0.201. The van der Waals surface area contributed by atoms with Gasteiger partial charge in [-0.25, -0.2) is 9.78 Å². The summed E-state index contributed by atoms with van der Waals surface area (Å²) in [6, 6.07) is 22.6. The average Bonchev–Trinajstić information content (AvgIpc) is 3.81. The second-order valence-corrected chi connectivity index (χ2v) is 12.4. The highest BCUT2D eigenvalue weighted by molar-refractivity contribution is 6.30. The number of likely N-dealkylation sites (tertiary alicyclic amines) is 1. The van der Waals surface area contributed by atoms with Crippen LogP contribution in [0.25, 0.3) is 11.0 Å². The molecule has 1 aliphatic heterocycles. The Kier molecular flexibility index (Phi) is 8.93. The molecule has 0 radical (unpaired) electrons. The number of fused-ring (bicyclic) bond motifs is 1. The molecule has 226 valence electrons. The van der Waals surface area contributed by atoms with Gasteiger partial charge in [0.2, 0.25) is 0 Å². The molecule has 1 saturated carbocycles. The first-order chi connectivity index (χ1) is 20.8. The number of aliphatic hydroxyl groups is 3. The lowest BCUT2D eigenvalue weighted by Gasteiger charge is -2.33. The van der Waals surface area contributed by atoms with Crippen molar-refractivity contribution in [3.8, 4) is 0 Å². The molecule has 0 spiro atoms. The minimum absolute atomic E-state index is 0.0250. The average molecular weight is 625 g/mol. The number of hydrogen-bond acceptors (Lipinski definition) is 6. The Morgan fingerprint density at radius 3 is 2.00 bits per heavy atom. The fourth-order valence-corrected chi connectivity index (χ4v) is 6.25. The zero-order chi connectivity index (χ0) is 30.1. The minimum atomic E-state index is -1.35. The van der Waals surface area contributed by atoms with Crippen LogP contribution < -0.4 is 0 Å². The summed E-state index contributed by atoms with van der Waals surface area (Å²) < 4.78 is 7.61. The van der Waals surface area contributed by atoms with Gasteiger partial charge in [-0.2, -0.15) is 0 Å².